The van der Waals surface area contributed by atoms with Gasteiger partial charge in [0, 0.05) is 42.5 Å². The highest BCUT2D eigenvalue weighted by Gasteiger charge is 2.31. The van der Waals surface area contributed by atoms with Gasteiger partial charge in [-0.25, -0.2) is 0 Å². The molecule has 1 amide bonds. The fraction of sp³-hybridized carbons (Fsp3) is 0.333. The summed E-state index contributed by atoms with van der Waals surface area (Å²) >= 11 is 6.27. The van der Waals surface area contributed by atoms with Crippen molar-refractivity contribution in [1.82, 2.24) is 15.1 Å². The zero-order valence-corrected chi connectivity index (χ0v) is 16.3. The predicted molar refractivity (Wildman–Crippen MR) is 109 cm³/mol. The van der Waals surface area contributed by atoms with Crippen molar-refractivity contribution in [3.05, 3.63) is 58.2 Å². The van der Waals surface area contributed by atoms with Gasteiger partial charge in [0.1, 0.15) is 0 Å². The predicted octanol–water partition coefficient (Wildman–Crippen LogP) is 3.90. The summed E-state index contributed by atoms with van der Waals surface area (Å²) in [5.74, 6) is -0.179. The summed E-state index contributed by atoms with van der Waals surface area (Å²) in [6.45, 7) is 1.71. The summed E-state index contributed by atoms with van der Waals surface area (Å²) < 4.78 is 7.30. The Morgan fingerprint density at radius 2 is 2.07 bits per heavy atom. The van der Waals surface area contributed by atoms with Crippen molar-refractivity contribution in [2.24, 2.45) is 0 Å². The van der Waals surface area contributed by atoms with Crippen molar-refractivity contribution in [2.75, 3.05) is 12.4 Å². The number of benzene rings is 2. The molecule has 1 fully saturated rings. The van der Waals surface area contributed by atoms with Gasteiger partial charge in [-0.3, -0.25) is 9.48 Å². The number of nitrogens with one attached hydrogen (secondary N) is 2. The summed E-state index contributed by atoms with van der Waals surface area (Å²) in [4.78, 5) is 13.0. The molecule has 1 aliphatic carbocycles. The van der Waals surface area contributed by atoms with Gasteiger partial charge in [-0.2, -0.15) is 5.10 Å². The standard InChI is InChI=1S/C21H21ClN4O2/c1-28-17-7-16(8-17)26-11-19-18(5-14(22)6-20(19)25-26)21(27)24-15-3-2-12-9-23-10-13(12)4-15/h2-6,11,16-17,23H,7-10H2,1H3,(H,24,27). The molecule has 0 atom stereocenters. The first-order valence-corrected chi connectivity index (χ1v) is 9.83. The third kappa shape index (κ3) is 3.07. The zero-order valence-electron chi connectivity index (χ0n) is 15.5. The number of hydrogen-bond acceptors (Lipinski definition) is 4. The van der Waals surface area contributed by atoms with Crippen LogP contribution < -0.4 is 10.6 Å². The Morgan fingerprint density at radius 1 is 1.25 bits per heavy atom. The smallest absolute Gasteiger partial charge is 0.256 e. The maximum atomic E-state index is 13.0. The van der Waals surface area contributed by atoms with Crippen LogP contribution in [0.1, 0.15) is 40.4 Å². The van der Waals surface area contributed by atoms with Crippen LogP contribution in [0.4, 0.5) is 5.69 Å². The SMILES string of the molecule is COC1CC(n2cc3c(C(=O)Nc4ccc5c(c4)CNC5)cc(Cl)cc3n2)C1. The normalized spacial score (nSPS) is 20.8. The first kappa shape index (κ1) is 17.7. The number of anilines is 1. The average molecular weight is 397 g/mol. The molecule has 3 aromatic rings. The second-order valence-corrected chi connectivity index (χ2v) is 7.96. The number of carbonyl (C=O) groups is 1. The lowest BCUT2D eigenvalue weighted by molar-refractivity contribution is 0.00269. The minimum Gasteiger partial charge on any atom is -0.381 e. The van der Waals surface area contributed by atoms with Gasteiger partial charge in [-0.1, -0.05) is 17.7 Å². The third-order valence-electron chi connectivity index (χ3n) is 5.72. The van der Waals surface area contributed by atoms with Gasteiger partial charge in [0.05, 0.1) is 23.2 Å². The molecule has 0 spiro atoms. The molecule has 2 aromatic carbocycles. The first-order valence-electron chi connectivity index (χ1n) is 9.46. The van der Waals surface area contributed by atoms with Gasteiger partial charge in [0.25, 0.3) is 5.91 Å². The molecule has 0 unspecified atom stereocenters. The minimum atomic E-state index is -0.179. The average Bonchev–Trinajstić information content (AvgIpc) is 3.26. The molecule has 1 aromatic heterocycles. The molecular formula is C21H21ClN4O2. The van der Waals surface area contributed by atoms with E-state index in [-0.39, 0.29) is 12.0 Å². The van der Waals surface area contributed by atoms with E-state index in [0.29, 0.717) is 16.6 Å². The summed E-state index contributed by atoms with van der Waals surface area (Å²) in [6, 6.07) is 9.83. The van der Waals surface area contributed by atoms with E-state index in [1.807, 2.05) is 23.0 Å². The highest BCUT2D eigenvalue weighted by Crippen LogP contribution is 2.35. The number of nitrogens with zero attached hydrogens (tertiary/aromatic N) is 2. The molecule has 5 rings (SSSR count). The number of ether oxygens (including phenoxy) is 1. The number of rotatable bonds is 4. The monoisotopic (exact) mass is 396 g/mol. The number of halogens is 1. The van der Waals surface area contributed by atoms with Gasteiger partial charge >= 0.3 is 0 Å². The van der Waals surface area contributed by atoms with Gasteiger partial charge in [0.2, 0.25) is 0 Å². The van der Waals surface area contributed by atoms with E-state index in [2.05, 4.69) is 21.8 Å². The molecule has 6 nitrogen and oxygen atoms in total. The van der Waals surface area contributed by atoms with E-state index in [1.165, 1.54) is 11.1 Å². The maximum absolute atomic E-state index is 13.0. The summed E-state index contributed by atoms with van der Waals surface area (Å²) in [5.41, 5.74) is 4.56. The molecule has 7 heteroatoms. The van der Waals surface area contributed by atoms with Gasteiger partial charge in [-0.05, 0) is 48.2 Å². The molecular weight excluding hydrogens is 376 g/mol. The molecule has 0 bridgehead atoms. The van der Waals surface area contributed by atoms with Gasteiger partial charge in [0.15, 0.2) is 0 Å². The van der Waals surface area contributed by atoms with E-state index in [0.717, 1.165) is 42.5 Å². The second kappa shape index (κ2) is 6.88. The van der Waals surface area contributed by atoms with Crippen LogP contribution in [0.5, 0.6) is 0 Å². The van der Waals surface area contributed by atoms with Crippen molar-refractivity contribution < 1.29 is 9.53 Å². The van der Waals surface area contributed by atoms with Crippen LogP contribution in [-0.4, -0.2) is 28.9 Å². The van der Waals surface area contributed by atoms with Gasteiger partial charge in [-0.15, -0.1) is 0 Å². The third-order valence-corrected chi connectivity index (χ3v) is 5.94. The maximum Gasteiger partial charge on any atom is 0.256 e. The molecule has 0 saturated heterocycles. The summed E-state index contributed by atoms with van der Waals surface area (Å²) in [5, 5.41) is 12.3. The quantitative estimate of drug-likeness (QED) is 0.702. The van der Waals surface area contributed by atoms with Crippen molar-refractivity contribution in [2.45, 2.75) is 38.1 Å². The number of amides is 1. The molecule has 2 N–H and O–H groups in total. The van der Waals surface area contributed by atoms with E-state index in [4.69, 9.17) is 16.3 Å². The van der Waals surface area contributed by atoms with Crippen molar-refractivity contribution in [3.63, 3.8) is 0 Å². The number of aromatic nitrogens is 2. The van der Waals surface area contributed by atoms with Crippen LogP contribution in [-0.2, 0) is 17.8 Å². The van der Waals surface area contributed by atoms with E-state index in [1.54, 1.807) is 19.2 Å². The van der Waals surface area contributed by atoms with Gasteiger partial charge < -0.3 is 15.4 Å². The Hall–Kier alpha value is -2.41. The van der Waals surface area contributed by atoms with Crippen LogP contribution >= 0.6 is 11.6 Å². The van der Waals surface area contributed by atoms with Crippen molar-refractivity contribution in [3.8, 4) is 0 Å². The molecule has 28 heavy (non-hydrogen) atoms. The molecule has 0 radical (unpaired) electrons. The highest BCUT2D eigenvalue weighted by atomic mass is 35.5. The molecule has 2 heterocycles. The van der Waals surface area contributed by atoms with E-state index >= 15 is 0 Å². The lowest BCUT2D eigenvalue weighted by atomic mass is 9.89. The van der Waals surface area contributed by atoms with Crippen molar-refractivity contribution >= 4 is 34.1 Å². The lowest BCUT2D eigenvalue weighted by Gasteiger charge is -2.34. The fourth-order valence-electron chi connectivity index (χ4n) is 4.00. The molecule has 1 aliphatic heterocycles. The van der Waals surface area contributed by atoms with Crippen LogP contribution in [0.25, 0.3) is 10.9 Å². The number of fused-ring (bicyclic) bond motifs is 2. The van der Waals surface area contributed by atoms with E-state index in [9.17, 15) is 4.79 Å². The minimum absolute atomic E-state index is 0.179. The van der Waals surface area contributed by atoms with Crippen LogP contribution in [0.2, 0.25) is 5.02 Å². The van der Waals surface area contributed by atoms with E-state index < -0.39 is 0 Å². The zero-order chi connectivity index (χ0) is 19.3. The molecule has 144 valence electrons. The Balaban J connectivity index is 1.44. The second-order valence-electron chi connectivity index (χ2n) is 7.52. The Labute approximate surface area is 167 Å². The lowest BCUT2D eigenvalue weighted by Crippen LogP contribution is -2.32. The Bertz CT molecular complexity index is 1070. The summed E-state index contributed by atoms with van der Waals surface area (Å²) in [6.07, 6.45) is 4.10. The Kier molecular flexibility index (Phi) is 4.34. The van der Waals surface area contributed by atoms with Crippen molar-refractivity contribution in [1.29, 1.82) is 0 Å². The number of carbonyl (C=O) groups excluding carboxylic acids is 1. The topological polar surface area (TPSA) is 68.2 Å². The van der Waals surface area contributed by atoms with Crippen LogP contribution in [0.15, 0.2) is 36.5 Å². The Morgan fingerprint density at radius 3 is 2.89 bits per heavy atom. The number of methoxy groups -OCH3 is 1. The molecule has 2 aliphatic rings. The fourth-order valence-corrected chi connectivity index (χ4v) is 4.21. The largest absolute Gasteiger partial charge is 0.381 e. The number of hydrogen-bond donors (Lipinski definition) is 2. The summed E-state index contributed by atoms with van der Waals surface area (Å²) in [7, 11) is 1.73. The highest BCUT2D eigenvalue weighted by molar-refractivity contribution is 6.32. The van der Waals surface area contributed by atoms with Crippen LogP contribution in [0, 0.1) is 0 Å². The molecule has 1 saturated carbocycles. The first-order chi connectivity index (χ1) is 13.6. The van der Waals surface area contributed by atoms with Crippen LogP contribution in [0.3, 0.4) is 0 Å².